The minimum absolute atomic E-state index is 0.0135. The van der Waals surface area contributed by atoms with Gasteiger partial charge >= 0.3 is 5.97 Å². The summed E-state index contributed by atoms with van der Waals surface area (Å²) in [6, 6.07) is 21.9. The Labute approximate surface area is 215 Å². The molecule has 2 saturated heterocycles. The van der Waals surface area contributed by atoms with Gasteiger partial charge < -0.3 is 4.74 Å². The molecular weight excluding hydrogens is 444 g/mol. The molecule has 0 bridgehead atoms. The molecule has 188 valence electrons. The maximum absolute atomic E-state index is 13.0. The van der Waals surface area contributed by atoms with Crippen LogP contribution in [0.5, 0.6) is 0 Å². The summed E-state index contributed by atoms with van der Waals surface area (Å²) in [5.74, 6) is 0.174. The first-order chi connectivity index (χ1) is 17.5. The van der Waals surface area contributed by atoms with E-state index in [-0.39, 0.29) is 35.4 Å². The number of nitrogens with zero attached hydrogens (tertiary/aromatic N) is 2. The largest absolute Gasteiger partial charge is 0.461 e. The van der Waals surface area contributed by atoms with E-state index in [4.69, 9.17) is 4.74 Å². The number of hydrogen-bond donors (Lipinski definition) is 0. The molecule has 0 aromatic heterocycles. The predicted octanol–water partition coefficient (Wildman–Crippen LogP) is 5.63. The fourth-order valence-corrected chi connectivity index (χ4v) is 7.20. The average Bonchev–Trinajstić information content (AvgIpc) is 3.18. The zero-order chi connectivity index (χ0) is 24.7. The third-order valence-corrected chi connectivity index (χ3v) is 9.15. The molecule has 0 amide bonds. The molecule has 2 heterocycles. The van der Waals surface area contributed by atoms with Gasteiger partial charge in [0.2, 0.25) is 0 Å². The van der Waals surface area contributed by atoms with Gasteiger partial charge in [-0.1, -0.05) is 85.3 Å². The SMILES string of the molecule is CC1=CCC[C@@]2(C)C[C@H]3OC(=O)[C@@H](CN4CCN(C(c5ccccc5)c5ccccc5)CC4)[C@@H]3C=C12. The number of ether oxygens (including phenoxy) is 1. The van der Waals surface area contributed by atoms with Crippen molar-refractivity contribution in [2.75, 3.05) is 32.7 Å². The number of carbonyl (C=O) groups is 1. The maximum Gasteiger partial charge on any atom is 0.311 e. The van der Waals surface area contributed by atoms with Crippen LogP contribution in [0.1, 0.15) is 50.3 Å². The van der Waals surface area contributed by atoms with E-state index in [0.29, 0.717) is 0 Å². The van der Waals surface area contributed by atoms with E-state index >= 15 is 0 Å². The number of benzene rings is 2. The highest BCUT2D eigenvalue weighted by molar-refractivity contribution is 5.76. The molecule has 36 heavy (non-hydrogen) atoms. The molecule has 4 nitrogen and oxygen atoms in total. The fraction of sp³-hybridized carbons (Fsp3) is 0.469. The van der Waals surface area contributed by atoms with Crippen LogP contribution in [-0.4, -0.2) is 54.6 Å². The third kappa shape index (κ3) is 4.35. The Morgan fingerprint density at radius 1 is 0.972 bits per heavy atom. The van der Waals surface area contributed by atoms with Gasteiger partial charge in [-0.25, -0.2) is 0 Å². The summed E-state index contributed by atoms with van der Waals surface area (Å²) >= 11 is 0. The lowest BCUT2D eigenvalue weighted by Crippen LogP contribution is -2.50. The van der Waals surface area contributed by atoms with Crippen LogP contribution in [0.4, 0.5) is 0 Å². The molecule has 0 N–H and O–H groups in total. The smallest absolute Gasteiger partial charge is 0.311 e. The van der Waals surface area contributed by atoms with Gasteiger partial charge in [0.1, 0.15) is 6.10 Å². The van der Waals surface area contributed by atoms with Crippen LogP contribution >= 0.6 is 0 Å². The van der Waals surface area contributed by atoms with Gasteiger partial charge in [-0.15, -0.1) is 0 Å². The van der Waals surface area contributed by atoms with Crippen molar-refractivity contribution in [2.45, 2.75) is 45.3 Å². The highest BCUT2D eigenvalue weighted by atomic mass is 16.6. The van der Waals surface area contributed by atoms with E-state index < -0.39 is 0 Å². The number of carbonyl (C=O) groups excluding carboxylic acids is 1. The van der Waals surface area contributed by atoms with Crippen LogP contribution in [-0.2, 0) is 9.53 Å². The summed E-state index contributed by atoms with van der Waals surface area (Å²) in [6.07, 6.45) is 8.10. The van der Waals surface area contributed by atoms with Gasteiger partial charge in [-0.05, 0) is 48.3 Å². The lowest BCUT2D eigenvalue weighted by Gasteiger charge is -2.43. The summed E-state index contributed by atoms with van der Waals surface area (Å²) < 4.78 is 6.00. The first-order valence-electron chi connectivity index (χ1n) is 13.7. The Morgan fingerprint density at radius 3 is 2.25 bits per heavy atom. The summed E-state index contributed by atoms with van der Waals surface area (Å²) in [6.45, 7) is 9.34. The Kier molecular flexibility index (Phi) is 6.35. The van der Waals surface area contributed by atoms with Gasteiger partial charge in [0, 0.05) is 38.6 Å². The zero-order valence-corrected chi connectivity index (χ0v) is 21.6. The Balaban J connectivity index is 1.16. The Hall–Kier alpha value is -2.69. The first kappa shape index (κ1) is 23.7. The summed E-state index contributed by atoms with van der Waals surface area (Å²) in [4.78, 5) is 18.1. The van der Waals surface area contributed by atoms with Crippen molar-refractivity contribution in [3.05, 3.63) is 95.1 Å². The minimum Gasteiger partial charge on any atom is -0.461 e. The molecule has 2 aromatic carbocycles. The van der Waals surface area contributed by atoms with Crippen molar-refractivity contribution in [1.82, 2.24) is 9.80 Å². The van der Waals surface area contributed by atoms with Crippen LogP contribution in [0, 0.1) is 17.3 Å². The summed E-state index contributed by atoms with van der Waals surface area (Å²) in [7, 11) is 0. The van der Waals surface area contributed by atoms with E-state index in [2.05, 4.69) is 96.5 Å². The van der Waals surface area contributed by atoms with E-state index in [1.807, 2.05) is 0 Å². The van der Waals surface area contributed by atoms with E-state index in [1.54, 1.807) is 0 Å². The molecule has 0 saturated carbocycles. The van der Waals surface area contributed by atoms with Crippen molar-refractivity contribution in [2.24, 2.45) is 17.3 Å². The van der Waals surface area contributed by atoms with E-state index in [0.717, 1.165) is 52.0 Å². The van der Waals surface area contributed by atoms with Crippen molar-refractivity contribution < 1.29 is 9.53 Å². The number of allylic oxidation sites excluding steroid dienone is 3. The minimum atomic E-state index is -0.0487. The molecule has 4 aliphatic rings. The molecule has 6 rings (SSSR count). The Morgan fingerprint density at radius 2 is 1.61 bits per heavy atom. The van der Waals surface area contributed by atoms with Crippen molar-refractivity contribution in [3.8, 4) is 0 Å². The first-order valence-corrected chi connectivity index (χ1v) is 13.7. The lowest BCUT2D eigenvalue weighted by atomic mass is 9.62. The van der Waals surface area contributed by atoms with Gasteiger partial charge in [0.15, 0.2) is 0 Å². The average molecular weight is 483 g/mol. The molecule has 0 unspecified atom stereocenters. The van der Waals surface area contributed by atoms with Crippen molar-refractivity contribution in [1.29, 1.82) is 0 Å². The molecule has 2 aliphatic heterocycles. The van der Waals surface area contributed by atoms with Crippen LogP contribution in [0.15, 0.2) is 84.0 Å². The van der Waals surface area contributed by atoms with E-state index in [9.17, 15) is 4.79 Å². The fourth-order valence-electron chi connectivity index (χ4n) is 7.20. The molecule has 0 spiro atoms. The topological polar surface area (TPSA) is 32.8 Å². The van der Waals surface area contributed by atoms with Crippen molar-refractivity contribution >= 4 is 5.97 Å². The zero-order valence-electron chi connectivity index (χ0n) is 21.6. The van der Waals surface area contributed by atoms with Gasteiger partial charge in [-0.3, -0.25) is 14.6 Å². The van der Waals surface area contributed by atoms with Gasteiger partial charge in [0.05, 0.1) is 12.0 Å². The van der Waals surface area contributed by atoms with Crippen LogP contribution in [0.3, 0.4) is 0 Å². The quantitative estimate of drug-likeness (QED) is 0.517. The second kappa shape index (κ2) is 9.64. The van der Waals surface area contributed by atoms with Crippen LogP contribution in [0.25, 0.3) is 0 Å². The summed E-state index contributed by atoms with van der Waals surface area (Å²) in [5.41, 5.74) is 5.71. The van der Waals surface area contributed by atoms with Gasteiger partial charge in [0.25, 0.3) is 0 Å². The van der Waals surface area contributed by atoms with Crippen LogP contribution < -0.4 is 0 Å². The van der Waals surface area contributed by atoms with Gasteiger partial charge in [-0.2, -0.15) is 0 Å². The van der Waals surface area contributed by atoms with Crippen molar-refractivity contribution in [3.63, 3.8) is 0 Å². The molecule has 4 heteroatoms. The lowest BCUT2D eigenvalue weighted by molar-refractivity contribution is -0.145. The number of esters is 1. The number of rotatable bonds is 5. The highest BCUT2D eigenvalue weighted by Gasteiger charge is 2.51. The second-order valence-electron chi connectivity index (χ2n) is 11.5. The Bertz CT molecular complexity index is 1110. The third-order valence-electron chi connectivity index (χ3n) is 9.15. The molecular formula is C32H38N2O2. The van der Waals surface area contributed by atoms with Crippen LogP contribution in [0.2, 0.25) is 0 Å². The highest BCUT2D eigenvalue weighted by Crippen LogP contribution is 2.52. The standard InChI is InChI=1S/C32H38N2O2/c1-23-10-9-15-32(2)21-29-26(20-28(23)32)27(31(35)36-29)22-33-16-18-34(19-17-33)30(24-11-5-3-6-12-24)25-13-7-4-8-14-25/h3-8,10-14,20,26-27,29-30H,9,15-19,21-22H2,1-2H3/t26-,27-,29+,32-/m0/s1. The monoisotopic (exact) mass is 482 g/mol. The molecule has 2 fully saturated rings. The predicted molar refractivity (Wildman–Crippen MR) is 143 cm³/mol. The summed E-state index contributed by atoms with van der Waals surface area (Å²) in [5, 5.41) is 0. The molecule has 0 radical (unpaired) electrons. The second-order valence-corrected chi connectivity index (χ2v) is 11.5. The number of fused-ring (bicyclic) bond motifs is 2. The molecule has 2 aromatic rings. The normalized spacial score (nSPS) is 30.9. The number of hydrogen-bond acceptors (Lipinski definition) is 4. The molecule has 2 aliphatic carbocycles. The maximum atomic E-state index is 13.0. The molecule has 4 atom stereocenters. The van der Waals surface area contributed by atoms with E-state index in [1.165, 1.54) is 22.3 Å². The number of piperazine rings is 1.